The van der Waals surface area contributed by atoms with E-state index in [2.05, 4.69) is 6.58 Å². The van der Waals surface area contributed by atoms with Gasteiger partial charge >= 0.3 is 5.97 Å². The summed E-state index contributed by atoms with van der Waals surface area (Å²) in [4.78, 5) is 13.2. The summed E-state index contributed by atoms with van der Waals surface area (Å²) < 4.78 is 68.4. The van der Waals surface area contributed by atoms with E-state index >= 15 is 0 Å². The van der Waals surface area contributed by atoms with Crippen molar-refractivity contribution in [2.45, 2.75) is 20.8 Å². The van der Waals surface area contributed by atoms with E-state index in [9.17, 15) is 22.0 Å². The Kier molecular flexibility index (Phi) is 9.42. The number of hydrogen-bond acceptors (Lipinski definition) is 5. The Morgan fingerprint density at radius 1 is 1.14 bits per heavy atom. The van der Waals surface area contributed by atoms with Crippen LogP contribution in [0.25, 0.3) is 10.9 Å². The molecule has 0 aliphatic carbocycles. The number of rotatable bonds is 10. The van der Waals surface area contributed by atoms with Crippen LogP contribution < -0.4 is 10.6 Å². The van der Waals surface area contributed by atoms with Crippen molar-refractivity contribution >= 4 is 57.3 Å². The van der Waals surface area contributed by atoms with E-state index in [1.807, 2.05) is 0 Å². The third-order valence-electron chi connectivity index (χ3n) is 5.06. The number of aromatic nitrogens is 1. The van der Waals surface area contributed by atoms with Crippen molar-refractivity contribution in [3.8, 4) is 0 Å². The van der Waals surface area contributed by atoms with Gasteiger partial charge in [-0.15, -0.1) is 0 Å². The third-order valence-corrected chi connectivity index (χ3v) is 9.16. The fraction of sp³-hybridized carbons (Fsp3) is 0.192. The van der Waals surface area contributed by atoms with Crippen molar-refractivity contribution in [1.82, 2.24) is 3.97 Å². The Morgan fingerprint density at radius 3 is 2.38 bits per heavy atom. The molecule has 1 unspecified atom stereocenters. The number of allylic oxidation sites excluding steroid dienone is 4. The number of nitrogens with zero attached hydrogens (tertiary/aromatic N) is 1. The van der Waals surface area contributed by atoms with E-state index in [4.69, 9.17) is 20.9 Å². The van der Waals surface area contributed by atoms with Crippen molar-refractivity contribution in [2.75, 3.05) is 13.2 Å². The number of ether oxygens (including phenoxy) is 1. The predicted molar refractivity (Wildman–Crippen MR) is 144 cm³/mol. The van der Waals surface area contributed by atoms with Gasteiger partial charge in [-0.25, -0.2) is 26.0 Å². The van der Waals surface area contributed by atoms with Crippen LogP contribution in [0.3, 0.4) is 0 Å². The lowest BCUT2D eigenvalue weighted by Gasteiger charge is -2.19. The maximum Gasteiger partial charge on any atom is 0.356 e. The van der Waals surface area contributed by atoms with Gasteiger partial charge in [0.25, 0.3) is 10.0 Å². The summed E-state index contributed by atoms with van der Waals surface area (Å²) in [6, 6.07) is 7.29. The first kappa shape index (κ1) is 28.7. The van der Waals surface area contributed by atoms with Crippen molar-refractivity contribution < 1.29 is 31.3 Å². The number of hydrogen-bond donors (Lipinski definition) is 0. The molecule has 2 aromatic carbocycles. The fourth-order valence-electron chi connectivity index (χ4n) is 3.66. The minimum absolute atomic E-state index is 0.0511. The number of halogens is 3. The van der Waals surface area contributed by atoms with Gasteiger partial charge in [0.2, 0.25) is 0 Å². The second-order valence-corrected chi connectivity index (χ2v) is 11.5. The molecule has 1 heterocycles. The number of carbonyl (C=O) groups is 1. The summed E-state index contributed by atoms with van der Waals surface area (Å²) >= 11 is 6.28. The summed E-state index contributed by atoms with van der Waals surface area (Å²) in [5, 5.41) is 0.724. The van der Waals surface area contributed by atoms with Gasteiger partial charge in [-0.05, 0) is 63.3 Å². The smallest absolute Gasteiger partial charge is 0.356 e. The quantitative estimate of drug-likeness (QED) is 0.172. The SMILES string of the molecule is C=C/C(=C\C=C/C)S(=O)(=O)n1c(C(=O)OCC)c(P(OCC)c2cc(F)cc(F)c2)c2cc(Cl)ccc21. The molecule has 0 aliphatic heterocycles. The Labute approximate surface area is 220 Å². The van der Waals surface area contributed by atoms with Crippen LogP contribution in [0.2, 0.25) is 5.02 Å². The Bertz CT molecular complexity index is 1490. The summed E-state index contributed by atoms with van der Waals surface area (Å²) in [5.74, 6) is -2.65. The molecule has 11 heteroatoms. The molecular formula is C26H25ClF2NO5PS. The Hall–Kier alpha value is -2.84. The molecule has 1 atom stereocenters. The van der Waals surface area contributed by atoms with E-state index in [0.717, 1.165) is 22.2 Å². The number of carbonyl (C=O) groups excluding carboxylic acids is 1. The van der Waals surface area contributed by atoms with Crippen LogP contribution in [0.5, 0.6) is 0 Å². The molecule has 0 radical (unpaired) electrons. The van der Waals surface area contributed by atoms with Crippen LogP contribution in [0.1, 0.15) is 31.3 Å². The summed E-state index contributed by atoms with van der Waals surface area (Å²) in [6.45, 7) is 8.63. The number of esters is 1. The van der Waals surface area contributed by atoms with Gasteiger partial charge in [0.1, 0.15) is 11.6 Å². The molecule has 3 aromatic rings. The molecule has 0 amide bonds. The zero-order valence-corrected chi connectivity index (χ0v) is 22.8. The van der Waals surface area contributed by atoms with Gasteiger partial charge in [-0.2, -0.15) is 0 Å². The average Bonchev–Trinajstić information content (AvgIpc) is 3.17. The van der Waals surface area contributed by atoms with Crippen molar-refractivity contribution in [2.24, 2.45) is 0 Å². The van der Waals surface area contributed by atoms with Crippen LogP contribution in [-0.2, 0) is 19.3 Å². The predicted octanol–water partition coefficient (Wildman–Crippen LogP) is 5.96. The lowest BCUT2D eigenvalue weighted by molar-refractivity contribution is 0.0520. The molecule has 1 aromatic heterocycles. The molecule has 196 valence electrons. The Morgan fingerprint density at radius 2 is 1.81 bits per heavy atom. The molecule has 0 bridgehead atoms. The lowest BCUT2D eigenvalue weighted by Crippen LogP contribution is -2.27. The van der Waals surface area contributed by atoms with Crippen LogP contribution in [0.4, 0.5) is 8.78 Å². The van der Waals surface area contributed by atoms with Gasteiger partial charge < -0.3 is 9.26 Å². The maximum absolute atomic E-state index is 14.2. The largest absolute Gasteiger partial charge is 0.461 e. The van der Waals surface area contributed by atoms with Gasteiger partial charge in [-0.3, -0.25) is 0 Å². The first-order valence-electron chi connectivity index (χ1n) is 11.2. The van der Waals surface area contributed by atoms with E-state index in [1.165, 1.54) is 30.4 Å². The van der Waals surface area contributed by atoms with Gasteiger partial charge in [0.05, 0.1) is 25.2 Å². The standard InChI is InChI=1S/C26H25ClF2NO5PS/c1-5-9-10-21(6-2)37(32,33)30-23-12-11-17(27)13-22(23)25(24(30)26(31)34-7-3)36(35-8-4)20-15-18(28)14-19(29)16-20/h5-6,9-16H,2,7-8H2,1,3-4H3/b9-5-,21-10+. The zero-order chi connectivity index (χ0) is 27.3. The van der Waals surface area contributed by atoms with E-state index in [1.54, 1.807) is 26.8 Å². The average molecular weight is 568 g/mol. The van der Waals surface area contributed by atoms with Gasteiger partial charge in [-0.1, -0.05) is 30.3 Å². The minimum Gasteiger partial charge on any atom is -0.461 e. The molecule has 0 spiro atoms. The molecule has 0 fully saturated rings. The van der Waals surface area contributed by atoms with Crippen molar-refractivity contribution in [1.29, 1.82) is 0 Å². The number of benzene rings is 2. The van der Waals surface area contributed by atoms with Crippen molar-refractivity contribution in [3.05, 3.63) is 94.5 Å². The Balaban J connectivity index is 2.56. The third kappa shape index (κ3) is 5.85. The van der Waals surface area contributed by atoms with Crippen molar-refractivity contribution in [3.63, 3.8) is 0 Å². The first-order valence-corrected chi connectivity index (χ1v) is 14.3. The monoisotopic (exact) mass is 567 g/mol. The zero-order valence-electron chi connectivity index (χ0n) is 20.4. The summed E-state index contributed by atoms with van der Waals surface area (Å²) in [6.07, 6.45) is 5.65. The summed E-state index contributed by atoms with van der Waals surface area (Å²) in [7, 11) is -6.52. The molecule has 3 rings (SSSR count). The van der Waals surface area contributed by atoms with Crippen LogP contribution >= 0.6 is 19.7 Å². The molecule has 0 N–H and O–H groups in total. The molecule has 0 saturated carbocycles. The molecule has 0 aliphatic rings. The highest BCUT2D eigenvalue weighted by Gasteiger charge is 2.36. The van der Waals surface area contributed by atoms with E-state index < -0.39 is 35.8 Å². The van der Waals surface area contributed by atoms with E-state index in [-0.39, 0.29) is 50.3 Å². The highest BCUT2D eigenvalue weighted by Crippen LogP contribution is 2.42. The number of fused-ring (bicyclic) bond motifs is 1. The van der Waals surface area contributed by atoms with Crippen LogP contribution in [0.15, 0.2) is 72.2 Å². The molecule has 6 nitrogen and oxygen atoms in total. The molecule has 37 heavy (non-hydrogen) atoms. The lowest BCUT2D eigenvalue weighted by atomic mass is 10.2. The molecular weight excluding hydrogens is 543 g/mol. The second-order valence-electron chi connectivity index (χ2n) is 7.49. The topological polar surface area (TPSA) is 74.6 Å². The van der Waals surface area contributed by atoms with Gasteiger partial charge in [0, 0.05) is 33.7 Å². The first-order chi connectivity index (χ1) is 17.6. The van der Waals surface area contributed by atoms with Gasteiger partial charge in [0.15, 0.2) is 5.69 Å². The minimum atomic E-state index is -4.41. The normalized spacial score (nSPS) is 13.3. The molecule has 0 saturated heterocycles. The maximum atomic E-state index is 14.2. The van der Waals surface area contributed by atoms with E-state index in [0.29, 0.717) is 6.07 Å². The highest BCUT2D eigenvalue weighted by molar-refractivity contribution is 7.94. The summed E-state index contributed by atoms with van der Waals surface area (Å²) in [5.41, 5.74) is -0.240. The second kappa shape index (κ2) is 12.1. The van der Waals surface area contributed by atoms with Crippen LogP contribution in [-0.4, -0.2) is 31.6 Å². The van der Waals surface area contributed by atoms with Crippen LogP contribution in [0, 0.1) is 11.6 Å². The fourth-order valence-corrected chi connectivity index (χ4v) is 7.46. The highest BCUT2D eigenvalue weighted by atomic mass is 35.5.